The van der Waals surface area contributed by atoms with Gasteiger partial charge in [0.05, 0.1) is 4.47 Å². The van der Waals surface area contributed by atoms with Gasteiger partial charge in [-0.15, -0.1) is 0 Å². The summed E-state index contributed by atoms with van der Waals surface area (Å²) in [6.07, 6.45) is 2.02. The largest absolute Gasteiger partial charge is 0.483 e. The molecule has 8 heteroatoms. The highest BCUT2D eigenvalue weighted by Crippen LogP contribution is 2.27. The molecule has 2 amide bonds. The molecule has 3 aromatic rings. The fourth-order valence-corrected chi connectivity index (χ4v) is 4.87. The molecule has 0 heterocycles. The molecule has 0 saturated heterocycles. The van der Waals surface area contributed by atoms with Gasteiger partial charge in [0.25, 0.3) is 5.91 Å². The van der Waals surface area contributed by atoms with Crippen LogP contribution in [0.1, 0.15) is 37.0 Å². The number of nitrogens with one attached hydrogen (secondary N) is 1. The molecule has 0 saturated carbocycles. The Morgan fingerprint density at radius 3 is 2.41 bits per heavy atom. The highest BCUT2D eigenvalue weighted by Gasteiger charge is 2.31. The van der Waals surface area contributed by atoms with Crippen molar-refractivity contribution < 1.29 is 14.3 Å². The lowest BCUT2D eigenvalue weighted by Crippen LogP contribution is -2.51. The number of hydrogen-bond acceptors (Lipinski definition) is 3. The van der Waals surface area contributed by atoms with E-state index in [4.69, 9.17) is 27.9 Å². The highest BCUT2D eigenvalue weighted by molar-refractivity contribution is 9.10. The molecular weight excluding hydrogens is 575 g/mol. The van der Waals surface area contributed by atoms with Gasteiger partial charge in [-0.05, 0) is 69.7 Å². The first-order valence-electron chi connectivity index (χ1n) is 12.3. The Balaban J connectivity index is 1.92. The second-order valence-corrected chi connectivity index (χ2v) is 10.4. The van der Waals surface area contributed by atoms with Gasteiger partial charge in [-0.1, -0.05) is 79.5 Å². The zero-order valence-corrected chi connectivity index (χ0v) is 24.1. The van der Waals surface area contributed by atoms with Crippen LogP contribution >= 0.6 is 39.1 Å². The standard InChI is InChI=1S/C29H31BrCl2N2O3/c1-3-14-33-29(36)26(16-21-8-6-5-7-9-21)34(18-22-11-12-23(31)17-25(22)32)28(35)19-37-27-13-10-20(4-2)15-24(27)30/h5-13,15,17,26H,3-4,14,16,18-19H2,1-2H3,(H,33,36)/t26-/m0/s1. The van der Waals surface area contributed by atoms with Crippen molar-refractivity contribution in [3.63, 3.8) is 0 Å². The van der Waals surface area contributed by atoms with E-state index in [1.165, 1.54) is 0 Å². The Morgan fingerprint density at radius 1 is 1.00 bits per heavy atom. The summed E-state index contributed by atoms with van der Waals surface area (Å²) in [5.41, 5.74) is 2.78. The van der Waals surface area contributed by atoms with Gasteiger partial charge in [0.2, 0.25) is 5.91 Å². The number of carbonyl (C=O) groups excluding carboxylic acids is 2. The average molecular weight is 606 g/mol. The van der Waals surface area contributed by atoms with Gasteiger partial charge in [0.1, 0.15) is 11.8 Å². The van der Waals surface area contributed by atoms with Crippen molar-refractivity contribution in [1.82, 2.24) is 10.2 Å². The molecule has 3 rings (SSSR count). The number of ether oxygens (including phenoxy) is 1. The van der Waals surface area contributed by atoms with Crippen LogP contribution in [0.4, 0.5) is 0 Å². The van der Waals surface area contributed by atoms with Crippen LogP contribution in [0.2, 0.25) is 10.0 Å². The van der Waals surface area contributed by atoms with E-state index in [1.807, 2.05) is 55.5 Å². The molecule has 0 spiro atoms. The summed E-state index contributed by atoms with van der Waals surface area (Å²) >= 11 is 16.1. The van der Waals surface area contributed by atoms with Crippen molar-refractivity contribution in [2.75, 3.05) is 13.2 Å². The van der Waals surface area contributed by atoms with Crippen molar-refractivity contribution in [3.8, 4) is 5.75 Å². The van der Waals surface area contributed by atoms with Crippen LogP contribution in [-0.4, -0.2) is 35.9 Å². The van der Waals surface area contributed by atoms with Crippen molar-refractivity contribution in [2.24, 2.45) is 0 Å². The first-order valence-corrected chi connectivity index (χ1v) is 13.8. The van der Waals surface area contributed by atoms with Gasteiger partial charge < -0.3 is 15.0 Å². The minimum atomic E-state index is -0.761. The second-order valence-electron chi connectivity index (χ2n) is 8.66. The molecule has 0 bridgehead atoms. The van der Waals surface area contributed by atoms with Gasteiger partial charge in [0, 0.05) is 29.6 Å². The number of amides is 2. The summed E-state index contributed by atoms with van der Waals surface area (Å²) in [5.74, 6) is 0.00718. The van der Waals surface area contributed by atoms with E-state index in [0.29, 0.717) is 34.3 Å². The molecule has 0 fully saturated rings. The molecule has 0 unspecified atom stereocenters. The molecule has 3 aromatic carbocycles. The smallest absolute Gasteiger partial charge is 0.261 e. The van der Waals surface area contributed by atoms with E-state index in [0.717, 1.165) is 28.4 Å². The number of halogens is 3. The van der Waals surface area contributed by atoms with E-state index < -0.39 is 6.04 Å². The third kappa shape index (κ3) is 8.49. The lowest BCUT2D eigenvalue weighted by atomic mass is 10.0. The first-order chi connectivity index (χ1) is 17.8. The molecule has 1 N–H and O–H groups in total. The van der Waals surface area contributed by atoms with Crippen molar-refractivity contribution in [2.45, 2.75) is 45.7 Å². The number of rotatable bonds is 12. The van der Waals surface area contributed by atoms with Crippen LogP contribution in [0.25, 0.3) is 0 Å². The maximum atomic E-state index is 13.7. The lowest BCUT2D eigenvalue weighted by molar-refractivity contribution is -0.142. The highest BCUT2D eigenvalue weighted by atomic mass is 79.9. The Labute approximate surface area is 237 Å². The van der Waals surface area contributed by atoms with Gasteiger partial charge in [-0.25, -0.2) is 0 Å². The summed E-state index contributed by atoms with van der Waals surface area (Å²) in [4.78, 5) is 28.6. The third-order valence-electron chi connectivity index (χ3n) is 5.93. The molecule has 0 aliphatic heterocycles. The molecule has 0 aliphatic carbocycles. The topological polar surface area (TPSA) is 58.6 Å². The van der Waals surface area contributed by atoms with Crippen LogP contribution < -0.4 is 10.1 Å². The molecule has 37 heavy (non-hydrogen) atoms. The predicted molar refractivity (Wildman–Crippen MR) is 153 cm³/mol. The van der Waals surface area contributed by atoms with Crippen LogP contribution in [0.5, 0.6) is 5.75 Å². The van der Waals surface area contributed by atoms with E-state index in [-0.39, 0.29) is 25.0 Å². The third-order valence-corrected chi connectivity index (χ3v) is 7.14. The summed E-state index contributed by atoms with van der Waals surface area (Å²) in [7, 11) is 0. The zero-order valence-electron chi connectivity index (χ0n) is 21.0. The van der Waals surface area contributed by atoms with Crippen LogP contribution in [0.15, 0.2) is 71.2 Å². The minimum Gasteiger partial charge on any atom is -0.483 e. The number of hydrogen-bond donors (Lipinski definition) is 1. The van der Waals surface area contributed by atoms with E-state index in [1.54, 1.807) is 23.1 Å². The van der Waals surface area contributed by atoms with E-state index in [2.05, 4.69) is 28.2 Å². The Bertz CT molecular complexity index is 1210. The number of benzene rings is 3. The normalized spacial score (nSPS) is 11.6. The van der Waals surface area contributed by atoms with E-state index in [9.17, 15) is 9.59 Å². The molecule has 196 valence electrons. The van der Waals surface area contributed by atoms with Gasteiger partial charge >= 0.3 is 0 Å². The summed E-state index contributed by atoms with van der Waals surface area (Å²) in [6, 6.07) is 19.8. The van der Waals surface area contributed by atoms with Gasteiger partial charge in [0.15, 0.2) is 6.61 Å². The van der Waals surface area contributed by atoms with E-state index >= 15 is 0 Å². The van der Waals surface area contributed by atoms with Crippen LogP contribution in [0.3, 0.4) is 0 Å². The second kappa shape index (κ2) is 14.4. The average Bonchev–Trinajstić information content (AvgIpc) is 2.90. The fourth-order valence-electron chi connectivity index (χ4n) is 3.86. The van der Waals surface area contributed by atoms with Gasteiger partial charge in [-0.2, -0.15) is 0 Å². The number of nitrogens with zero attached hydrogens (tertiary/aromatic N) is 1. The quantitative estimate of drug-likeness (QED) is 0.245. The molecule has 5 nitrogen and oxygen atoms in total. The Kier molecular flexibility index (Phi) is 11.3. The van der Waals surface area contributed by atoms with Crippen LogP contribution in [0, 0.1) is 0 Å². The maximum Gasteiger partial charge on any atom is 0.261 e. The molecule has 0 aromatic heterocycles. The number of carbonyl (C=O) groups is 2. The predicted octanol–water partition coefficient (Wildman–Crippen LogP) is 6.86. The van der Waals surface area contributed by atoms with Crippen molar-refractivity contribution in [3.05, 3.63) is 97.9 Å². The molecular formula is C29H31BrCl2N2O3. The van der Waals surface area contributed by atoms with Crippen molar-refractivity contribution in [1.29, 1.82) is 0 Å². The maximum absolute atomic E-state index is 13.7. The molecule has 1 atom stereocenters. The Hall–Kier alpha value is -2.54. The summed E-state index contributed by atoms with van der Waals surface area (Å²) < 4.78 is 6.68. The lowest BCUT2D eigenvalue weighted by Gasteiger charge is -2.31. The SMILES string of the molecule is CCCNC(=O)[C@H](Cc1ccccc1)N(Cc1ccc(Cl)cc1Cl)C(=O)COc1ccc(CC)cc1Br. The number of aryl methyl sites for hydroxylation is 1. The summed E-state index contributed by atoms with van der Waals surface area (Å²) in [5, 5.41) is 3.88. The Morgan fingerprint density at radius 2 is 1.76 bits per heavy atom. The van der Waals surface area contributed by atoms with Crippen LogP contribution in [-0.2, 0) is 29.0 Å². The monoisotopic (exact) mass is 604 g/mol. The summed E-state index contributed by atoms with van der Waals surface area (Å²) in [6.45, 7) is 4.47. The molecule has 0 aliphatic rings. The zero-order chi connectivity index (χ0) is 26.8. The van der Waals surface area contributed by atoms with Crippen molar-refractivity contribution >= 4 is 50.9 Å². The fraction of sp³-hybridized carbons (Fsp3) is 0.310. The molecule has 0 radical (unpaired) electrons. The van der Waals surface area contributed by atoms with Gasteiger partial charge in [-0.3, -0.25) is 9.59 Å². The first kappa shape index (κ1) is 29.0. The minimum absolute atomic E-state index is 0.130.